The van der Waals surface area contributed by atoms with Crippen LogP contribution in [-0.4, -0.2) is 26.2 Å². The molecule has 9 heteroatoms. The van der Waals surface area contributed by atoms with Crippen molar-refractivity contribution in [3.63, 3.8) is 0 Å². The third kappa shape index (κ3) is 3.79. The van der Waals surface area contributed by atoms with E-state index >= 15 is 0 Å². The summed E-state index contributed by atoms with van der Waals surface area (Å²) in [6, 6.07) is 17.7. The molecular formula is C21H13F2N5O2. The topological polar surface area (TPSA) is 85.7 Å². The van der Waals surface area contributed by atoms with Crippen LogP contribution in [0.3, 0.4) is 0 Å². The van der Waals surface area contributed by atoms with Crippen LogP contribution in [-0.2, 0) is 0 Å². The van der Waals surface area contributed by atoms with Crippen LogP contribution in [0, 0.1) is 11.3 Å². The monoisotopic (exact) mass is 405 g/mol. The molecule has 4 aromatic rings. The van der Waals surface area contributed by atoms with Crippen LogP contribution in [0.25, 0.3) is 22.8 Å². The van der Waals surface area contributed by atoms with Crippen LogP contribution in [0.5, 0.6) is 5.75 Å². The number of alkyl halides is 2. The predicted octanol–water partition coefficient (Wildman–Crippen LogP) is 3.56. The van der Waals surface area contributed by atoms with Crippen molar-refractivity contribution in [3.8, 4) is 34.6 Å². The van der Waals surface area contributed by atoms with E-state index in [1.165, 1.54) is 40.0 Å². The highest BCUT2D eigenvalue weighted by atomic mass is 19.3. The lowest BCUT2D eigenvalue weighted by Gasteiger charge is -2.11. The molecule has 0 bridgehead atoms. The number of ether oxygens (including phenoxy) is 1. The van der Waals surface area contributed by atoms with Gasteiger partial charge >= 0.3 is 6.61 Å². The normalized spacial score (nSPS) is 10.7. The van der Waals surface area contributed by atoms with Gasteiger partial charge in [0.15, 0.2) is 5.69 Å². The molecule has 2 heterocycles. The quantitative estimate of drug-likeness (QED) is 0.507. The molecule has 0 aliphatic rings. The number of benzene rings is 2. The van der Waals surface area contributed by atoms with Crippen molar-refractivity contribution in [2.24, 2.45) is 0 Å². The van der Waals surface area contributed by atoms with Gasteiger partial charge in [-0.15, -0.1) is 0 Å². The Morgan fingerprint density at radius 3 is 2.57 bits per heavy atom. The van der Waals surface area contributed by atoms with Crippen LogP contribution in [0.15, 0.2) is 77.9 Å². The van der Waals surface area contributed by atoms with Gasteiger partial charge in [-0.3, -0.25) is 4.79 Å². The zero-order valence-corrected chi connectivity index (χ0v) is 15.3. The summed E-state index contributed by atoms with van der Waals surface area (Å²) in [5.41, 5.74) is 1.83. The average Bonchev–Trinajstić information content (AvgIpc) is 3.23. The van der Waals surface area contributed by atoms with E-state index in [1.807, 2.05) is 6.07 Å². The first-order chi connectivity index (χ1) is 14.5. The first-order valence-electron chi connectivity index (χ1n) is 8.75. The molecule has 0 saturated heterocycles. The lowest BCUT2D eigenvalue weighted by atomic mass is 10.2. The summed E-state index contributed by atoms with van der Waals surface area (Å²) in [4.78, 5) is 12.5. The van der Waals surface area contributed by atoms with Crippen molar-refractivity contribution in [1.29, 1.82) is 5.26 Å². The minimum atomic E-state index is -2.94. The van der Waals surface area contributed by atoms with Crippen molar-refractivity contribution in [2.75, 3.05) is 0 Å². The van der Waals surface area contributed by atoms with Gasteiger partial charge in [0.25, 0.3) is 0 Å². The molecule has 30 heavy (non-hydrogen) atoms. The number of nitriles is 1. The minimum absolute atomic E-state index is 0.0211. The molecule has 0 radical (unpaired) electrons. The molecule has 0 fully saturated rings. The van der Waals surface area contributed by atoms with Gasteiger partial charge in [0.05, 0.1) is 34.9 Å². The maximum atomic E-state index is 12.5. The third-order valence-corrected chi connectivity index (χ3v) is 4.24. The Morgan fingerprint density at radius 1 is 1.03 bits per heavy atom. The number of halogens is 2. The molecule has 0 saturated carbocycles. The maximum Gasteiger partial charge on any atom is 0.387 e. The van der Waals surface area contributed by atoms with E-state index in [1.54, 1.807) is 42.5 Å². The molecule has 0 N–H and O–H groups in total. The Balaban J connectivity index is 1.76. The Hall–Kier alpha value is -4.32. The van der Waals surface area contributed by atoms with Gasteiger partial charge in [-0.2, -0.15) is 24.2 Å². The lowest BCUT2D eigenvalue weighted by molar-refractivity contribution is -0.0498. The van der Waals surface area contributed by atoms with Gasteiger partial charge < -0.3 is 4.74 Å². The highest BCUT2D eigenvalue weighted by Crippen LogP contribution is 2.21. The Kier molecular flexibility index (Phi) is 5.05. The first kappa shape index (κ1) is 19.0. The summed E-state index contributed by atoms with van der Waals surface area (Å²) >= 11 is 0. The van der Waals surface area contributed by atoms with Crippen molar-refractivity contribution in [1.82, 2.24) is 19.6 Å². The van der Waals surface area contributed by atoms with E-state index in [4.69, 9.17) is 5.26 Å². The van der Waals surface area contributed by atoms with Gasteiger partial charge in [0, 0.05) is 18.3 Å². The first-order valence-corrected chi connectivity index (χ1v) is 8.75. The Labute approximate surface area is 169 Å². The minimum Gasteiger partial charge on any atom is -0.435 e. The molecule has 0 amide bonds. The molecule has 0 unspecified atom stereocenters. The van der Waals surface area contributed by atoms with Gasteiger partial charge in [-0.1, -0.05) is 6.07 Å². The second-order valence-corrected chi connectivity index (χ2v) is 6.14. The molecule has 148 valence electrons. The Morgan fingerprint density at radius 2 is 1.83 bits per heavy atom. The van der Waals surface area contributed by atoms with Crippen molar-refractivity contribution < 1.29 is 13.5 Å². The SMILES string of the molecule is N#Cc1ccc(-n2nccc2-c2nn(-c3cccc(OC(F)F)c3)ccc2=O)cc1. The fourth-order valence-corrected chi connectivity index (χ4v) is 2.90. The van der Waals surface area contributed by atoms with Crippen LogP contribution >= 0.6 is 0 Å². The molecule has 0 aliphatic carbocycles. The zero-order chi connectivity index (χ0) is 21.1. The fraction of sp³-hybridized carbons (Fsp3) is 0.0476. The highest BCUT2D eigenvalue weighted by molar-refractivity contribution is 5.57. The maximum absolute atomic E-state index is 12.5. The molecule has 0 atom stereocenters. The summed E-state index contributed by atoms with van der Waals surface area (Å²) in [7, 11) is 0. The van der Waals surface area contributed by atoms with E-state index < -0.39 is 6.61 Å². The fourth-order valence-electron chi connectivity index (χ4n) is 2.90. The number of aromatic nitrogens is 4. The molecule has 0 aliphatic heterocycles. The summed E-state index contributed by atoms with van der Waals surface area (Å²) in [5.74, 6) is -0.0211. The van der Waals surface area contributed by atoms with Gasteiger partial charge in [0.2, 0.25) is 5.43 Å². The third-order valence-electron chi connectivity index (χ3n) is 4.24. The van der Waals surface area contributed by atoms with E-state index in [-0.39, 0.29) is 16.9 Å². The second kappa shape index (κ2) is 7.97. The second-order valence-electron chi connectivity index (χ2n) is 6.14. The number of rotatable bonds is 5. The summed E-state index contributed by atoms with van der Waals surface area (Å²) < 4.78 is 32.3. The van der Waals surface area contributed by atoms with Crippen LogP contribution in [0.2, 0.25) is 0 Å². The smallest absolute Gasteiger partial charge is 0.387 e. The van der Waals surface area contributed by atoms with Crippen molar-refractivity contribution in [2.45, 2.75) is 6.61 Å². The predicted molar refractivity (Wildman–Crippen MR) is 104 cm³/mol. The molecule has 0 spiro atoms. The highest BCUT2D eigenvalue weighted by Gasteiger charge is 2.14. The van der Waals surface area contributed by atoms with Crippen LogP contribution < -0.4 is 10.2 Å². The van der Waals surface area contributed by atoms with Gasteiger partial charge in [-0.25, -0.2) is 9.36 Å². The molecule has 2 aromatic carbocycles. The molecule has 7 nitrogen and oxygen atoms in total. The van der Waals surface area contributed by atoms with Gasteiger partial charge in [0.1, 0.15) is 5.75 Å². The molecular weight excluding hydrogens is 392 g/mol. The summed E-state index contributed by atoms with van der Waals surface area (Å²) in [5, 5.41) is 17.6. The number of hydrogen-bond acceptors (Lipinski definition) is 5. The zero-order valence-electron chi connectivity index (χ0n) is 15.3. The van der Waals surface area contributed by atoms with Crippen LogP contribution in [0.1, 0.15) is 5.56 Å². The van der Waals surface area contributed by atoms with Crippen molar-refractivity contribution in [3.05, 3.63) is 88.8 Å². The van der Waals surface area contributed by atoms with E-state index in [9.17, 15) is 13.6 Å². The summed E-state index contributed by atoms with van der Waals surface area (Å²) in [6.07, 6.45) is 2.97. The van der Waals surface area contributed by atoms with Crippen LogP contribution in [0.4, 0.5) is 8.78 Å². The Bertz CT molecular complexity index is 1290. The number of nitrogens with zero attached hydrogens (tertiary/aromatic N) is 5. The van der Waals surface area contributed by atoms with E-state index in [0.29, 0.717) is 22.6 Å². The van der Waals surface area contributed by atoms with Gasteiger partial charge in [-0.05, 0) is 42.5 Å². The molecule has 4 rings (SSSR count). The summed E-state index contributed by atoms with van der Waals surface area (Å²) in [6.45, 7) is -2.94. The molecule has 2 aromatic heterocycles. The van der Waals surface area contributed by atoms with E-state index in [2.05, 4.69) is 14.9 Å². The standard InChI is InChI=1S/C21H13F2N5O2/c22-21(23)30-17-3-1-2-16(12-17)27-11-9-19(29)20(26-27)18-8-10-25-28(18)15-6-4-14(13-24)5-7-15/h1-12,21H. The largest absolute Gasteiger partial charge is 0.435 e. The lowest BCUT2D eigenvalue weighted by Crippen LogP contribution is -2.15. The average molecular weight is 405 g/mol. The number of hydrogen-bond donors (Lipinski definition) is 0. The van der Waals surface area contributed by atoms with Crippen molar-refractivity contribution >= 4 is 0 Å². The van der Waals surface area contributed by atoms with E-state index in [0.717, 1.165) is 0 Å².